The van der Waals surface area contributed by atoms with Crippen molar-refractivity contribution < 1.29 is 0 Å². The average molecular weight is 282 g/mol. The highest BCUT2D eigenvalue weighted by molar-refractivity contribution is 9.10. The van der Waals surface area contributed by atoms with Crippen molar-refractivity contribution >= 4 is 38.8 Å². The van der Waals surface area contributed by atoms with Crippen LogP contribution in [0.3, 0.4) is 0 Å². The number of halogens is 1. The van der Waals surface area contributed by atoms with Crippen LogP contribution in [0.15, 0.2) is 22.7 Å². The fourth-order valence-corrected chi connectivity index (χ4v) is 3.60. The molecule has 3 heteroatoms. The molecule has 1 nitrogen and oxygen atoms in total. The quantitative estimate of drug-likeness (QED) is 0.719. The molecule has 0 radical (unpaired) electrons. The molecule has 0 spiro atoms. The summed E-state index contributed by atoms with van der Waals surface area (Å²) >= 11 is 8.97. The molecule has 0 aromatic heterocycles. The Kier molecular flexibility index (Phi) is 2.33. The summed E-state index contributed by atoms with van der Waals surface area (Å²) in [5.74, 6) is 1.24. The third-order valence-electron chi connectivity index (χ3n) is 3.52. The summed E-state index contributed by atoms with van der Waals surface area (Å²) in [5, 5.41) is 3.37. The van der Waals surface area contributed by atoms with E-state index in [1.165, 1.54) is 35.0 Å². The maximum atomic E-state index is 5.43. The number of hydrogen-bond acceptors (Lipinski definition) is 1. The molecular formula is C12H12BrNS. The van der Waals surface area contributed by atoms with Crippen molar-refractivity contribution in [2.45, 2.75) is 25.2 Å². The summed E-state index contributed by atoms with van der Waals surface area (Å²) < 4.78 is 1.17. The third kappa shape index (κ3) is 1.53. The Morgan fingerprint density at radius 1 is 1.27 bits per heavy atom. The number of rotatable bonds is 0. The third-order valence-corrected chi connectivity index (χ3v) is 4.42. The number of nitrogens with one attached hydrogen (secondary N) is 1. The molecular weight excluding hydrogens is 270 g/mol. The summed E-state index contributed by atoms with van der Waals surface area (Å²) in [6, 6.07) is 6.44. The van der Waals surface area contributed by atoms with Crippen LogP contribution >= 0.6 is 28.1 Å². The summed E-state index contributed by atoms with van der Waals surface area (Å²) in [4.78, 5) is 1.05. The minimum atomic E-state index is 0.585. The Morgan fingerprint density at radius 2 is 2.07 bits per heavy atom. The van der Waals surface area contributed by atoms with E-state index >= 15 is 0 Å². The highest BCUT2D eigenvalue weighted by atomic mass is 79.9. The van der Waals surface area contributed by atoms with Gasteiger partial charge in [0.05, 0.1) is 4.99 Å². The van der Waals surface area contributed by atoms with E-state index in [4.69, 9.17) is 12.2 Å². The zero-order valence-corrected chi connectivity index (χ0v) is 10.7. The largest absolute Gasteiger partial charge is 0.350 e. The van der Waals surface area contributed by atoms with Crippen LogP contribution in [0, 0.1) is 5.92 Å². The van der Waals surface area contributed by atoms with Gasteiger partial charge in [0.2, 0.25) is 0 Å². The molecule has 15 heavy (non-hydrogen) atoms. The van der Waals surface area contributed by atoms with Crippen molar-refractivity contribution in [3.05, 3.63) is 28.2 Å². The molecule has 1 aliphatic heterocycles. The van der Waals surface area contributed by atoms with E-state index < -0.39 is 0 Å². The molecule has 0 bridgehead atoms. The number of fused-ring (bicyclic) bond motifs is 3. The molecule has 1 saturated carbocycles. The van der Waals surface area contributed by atoms with Gasteiger partial charge in [-0.05, 0) is 42.5 Å². The van der Waals surface area contributed by atoms with Crippen LogP contribution in [0.5, 0.6) is 0 Å². The molecule has 2 unspecified atom stereocenters. The van der Waals surface area contributed by atoms with Crippen LogP contribution in [0.1, 0.15) is 30.7 Å². The zero-order chi connectivity index (χ0) is 10.4. The smallest absolute Gasteiger partial charge is 0.0834 e. The van der Waals surface area contributed by atoms with Crippen molar-refractivity contribution in [1.82, 2.24) is 0 Å². The lowest BCUT2D eigenvalue weighted by molar-refractivity contribution is 0.621. The lowest BCUT2D eigenvalue weighted by Crippen LogP contribution is -2.28. The number of anilines is 1. The van der Waals surface area contributed by atoms with Crippen LogP contribution in [-0.2, 0) is 0 Å². The zero-order valence-electron chi connectivity index (χ0n) is 8.29. The molecule has 1 heterocycles. The van der Waals surface area contributed by atoms with Crippen LogP contribution in [-0.4, -0.2) is 4.99 Å². The molecule has 3 rings (SSSR count). The van der Waals surface area contributed by atoms with Gasteiger partial charge in [0.15, 0.2) is 0 Å². The van der Waals surface area contributed by atoms with Gasteiger partial charge < -0.3 is 5.32 Å². The monoisotopic (exact) mass is 281 g/mol. The standard InChI is InChI=1S/C12H12BrNS/c13-7-4-5-11-10(6-7)8-2-1-3-9(8)12(15)14-11/h4-6,8-9H,1-3H2,(H,14,15). The van der Waals surface area contributed by atoms with Gasteiger partial charge in [0.25, 0.3) is 0 Å². The summed E-state index contributed by atoms with van der Waals surface area (Å²) in [6.07, 6.45) is 3.85. The molecule has 0 saturated heterocycles. The lowest BCUT2D eigenvalue weighted by atomic mass is 9.85. The second-order valence-corrected chi connectivity index (χ2v) is 5.72. The van der Waals surface area contributed by atoms with Crippen LogP contribution < -0.4 is 5.32 Å². The first-order valence-corrected chi connectivity index (χ1v) is 6.56. The maximum absolute atomic E-state index is 5.43. The Balaban J connectivity index is 2.12. The Labute approximate surface area is 103 Å². The van der Waals surface area contributed by atoms with Gasteiger partial charge in [-0.15, -0.1) is 0 Å². The second kappa shape index (κ2) is 3.56. The molecule has 0 amide bonds. The van der Waals surface area contributed by atoms with E-state index in [9.17, 15) is 0 Å². The predicted molar refractivity (Wildman–Crippen MR) is 70.4 cm³/mol. The molecule has 1 aromatic rings. The van der Waals surface area contributed by atoms with Gasteiger partial charge >= 0.3 is 0 Å². The van der Waals surface area contributed by atoms with Crippen LogP contribution in [0.4, 0.5) is 5.69 Å². The van der Waals surface area contributed by atoms with Crippen molar-refractivity contribution in [3.8, 4) is 0 Å². The lowest BCUT2D eigenvalue weighted by Gasteiger charge is -2.30. The first-order valence-electron chi connectivity index (χ1n) is 5.36. The van der Waals surface area contributed by atoms with Gasteiger partial charge in [-0.3, -0.25) is 0 Å². The van der Waals surface area contributed by atoms with E-state index in [-0.39, 0.29) is 0 Å². The molecule has 1 aliphatic carbocycles. The number of benzene rings is 1. The van der Waals surface area contributed by atoms with Gasteiger partial charge in [-0.25, -0.2) is 0 Å². The molecule has 2 aliphatic rings. The minimum Gasteiger partial charge on any atom is -0.350 e. The first kappa shape index (κ1) is 9.79. The Morgan fingerprint density at radius 3 is 2.93 bits per heavy atom. The van der Waals surface area contributed by atoms with Crippen LogP contribution in [0.2, 0.25) is 0 Å². The van der Waals surface area contributed by atoms with Gasteiger partial charge in [0.1, 0.15) is 0 Å². The van der Waals surface area contributed by atoms with Gasteiger partial charge in [0, 0.05) is 16.1 Å². The average Bonchev–Trinajstić information content (AvgIpc) is 2.69. The highest BCUT2D eigenvalue weighted by Gasteiger charge is 2.36. The molecule has 78 valence electrons. The number of thiocarbonyl (C=S) groups is 1. The predicted octanol–water partition coefficient (Wildman–Crippen LogP) is 4.09. The van der Waals surface area contributed by atoms with Crippen molar-refractivity contribution in [2.75, 3.05) is 5.32 Å². The van der Waals surface area contributed by atoms with Crippen LogP contribution in [0.25, 0.3) is 0 Å². The van der Waals surface area contributed by atoms with Crippen molar-refractivity contribution in [2.24, 2.45) is 5.92 Å². The normalized spacial score (nSPS) is 28.2. The summed E-state index contributed by atoms with van der Waals surface area (Å²) in [6.45, 7) is 0. The molecule has 1 fully saturated rings. The fraction of sp³-hybridized carbons (Fsp3) is 0.417. The maximum Gasteiger partial charge on any atom is 0.0834 e. The van der Waals surface area contributed by atoms with E-state index in [2.05, 4.69) is 39.4 Å². The molecule has 2 atom stereocenters. The first-order chi connectivity index (χ1) is 7.25. The number of hydrogen-bond donors (Lipinski definition) is 1. The minimum absolute atomic E-state index is 0.585. The Bertz CT molecular complexity index is 430. The summed E-state index contributed by atoms with van der Waals surface area (Å²) in [5.41, 5.74) is 2.66. The van der Waals surface area contributed by atoms with E-state index in [1.807, 2.05) is 0 Å². The highest BCUT2D eigenvalue weighted by Crippen LogP contribution is 2.46. The van der Waals surface area contributed by atoms with Gasteiger partial charge in [-0.2, -0.15) is 0 Å². The molecule has 1 aromatic carbocycles. The Hall–Kier alpha value is -0.410. The fourth-order valence-electron chi connectivity index (χ4n) is 2.83. The van der Waals surface area contributed by atoms with E-state index in [0.717, 1.165) is 4.99 Å². The van der Waals surface area contributed by atoms with E-state index in [0.29, 0.717) is 11.8 Å². The second-order valence-electron chi connectivity index (χ2n) is 4.36. The topological polar surface area (TPSA) is 12.0 Å². The van der Waals surface area contributed by atoms with Gasteiger partial charge in [-0.1, -0.05) is 34.6 Å². The van der Waals surface area contributed by atoms with Crippen molar-refractivity contribution in [1.29, 1.82) is 0 Å². The molecule has 1 N–H and O–H groups in total. The summed E-state index contributed by atoms with van der Waals surface area (Å²) in [7, 11) is 0. The van der Waals surface area contributed by atoms with Crippen molar-refractivity contribution in [3.63, 3.8) is 0 Å². The SMILES string of the molecule is S=C1Nc2ccc(Br)cc2C2CCCC12. The van der Waals surface area contributed by atoms with E-state index in [1.54, 1.807) is 0 Å².